The highest BCUT2D eigenvalue weighted by molar-refractivity contribution is 7.99. The third-order valence-corrected chi connectivity index (χ3v) is 7.48. The Kier molecular flexibility index (Phi) is 6.45. The molecule has 2 aliphatic rings. The Balaban J connectivity index is 1.46. The number of nitrogens with one attached hydrogen (secondary N) is 1. The second kappa shape index (κ2) is 9.53. The van der Waals surface area contributed by atoms with Crippen LogP contribution in [0.2, 0.25) is 0 Å². The van der Waals surface area contributed by atoms with Gasteiger partial charge in [-0.25, -0.2) is 4.68 Å². The highest BCUT2D eigenvalue weighted by Gasteiger charge is 2.41. The van der Waals surface area contributed by atoms with Gasteiger partial charge >= 0.3 is 0 Å². The van der Waals surface area contributed by atoms with Gasteiger partial charge in [0, 0.05) is 23.4 Å². The number of rotatable bonds is 7. The summed E-state index contributed by atoms with van der Waals surface area (Å²) >= 11 is 1.65. The van der Waals surface area contributed by atoms with Crippen LogP contribution in [0, 0.1) is 12.3 Å². The molecule has 1 aliphatic heterocycles. The molecule has 0 fully saturated rings. The molecule has 182 valence electrons. The first-order chi connectivity index (χ1) is 16.8. The van der Waals surface area contributed by atoms with Crippen LogP contribution in [0.1, 0.15) is 62.8 Å². The summed E-state index contributed by atoms with van der Waals surface area (Å²) in [6.45, 7) is 9.04. The molecule has 35 heavy (non-hydrogen) atoms. The second-order valence-electron chi connectivity index (χ2n) is 10.2. The molecule has 2 heterocycles. The highest BCUT2D eigenvalue weighted by Crippen LogP contribution is 2.45. The Morgan fingerprint density at radius 1 is 1.17 bits per heavy atom. The molecule has 7 heteroatoms. The fourth-order valence-electron chi connectivity index (χ4n) is 4.87. The molecule has 0 saturated heterocycles. The molecule has 0 radical (unpaired) electrons. The predicted molar refractivity (Wildman–Crippen MR) is 140 cm³/mol. The van der Waals surface area contributed by atoms with Crippen molar-refractivity contribution in [2.45, 2.75) is 64.8 Å². The van der Waals surface area contributed by atoms with Crippen molar-refractivity contribution < 1.29 is 9.53 Å². The zero-order chi connectivity index (χ0) is 24.6. The first-order valence-electron chi connectivity index (χ1n) is 12.2. The maximum atomic E-state index is 13.4. The normalized spacial score (nSPS) is 18.6. The van der Waals surface area contributed by atoms with Crippen molar-refractivity contribution in [3.8, 4) is 5.75 Å². The number of carbonyl (C=O) groups excluding carboxylic acids is 1. The van der Waals surface area contributed by atoms with Crippen LogP contribution in [0.3, 0.4) is 0 Å². The van der Waals surface area contributed by atoms with Crippen LogP contribution < -0.4 is 10.1 Å². The van der Waals surface area contributed by atoms with E-state index in [1.807, 2.05) is 35.0 Å². The van der Waals surface area contributed by atoms with E-state index >= 15 is 0 Å². The average Bonchev–Trinajstić information content (AvgIpc) is 3.22. The number of aryl methyl sites for hydroxylation is 1. The summed E-state index contributed by atoms with van der Waals surface area (Å²) in [5.74, 6) is 2.64. The lowest BCUT2D eigenvalue weighted by Gasteiger charge is -2.38. The van der Waals surface area contributed by atoms with E-state index in [1.165, 1.54) is 5.56 Å². The molecule has 0 spiro atoms. The number of nitrogens with zero attached hydrogens (tertiary/aromatic N) is 3. The molecule has 1 N–H and O–H groups in total. The molecule has 0 saturated carbocycles. The number of hydrogen-bond acceptors (Lipinski definition) is 6. The van der Waals surface area contributed by atoms with E-state index in [9.17, 15) is 4.79 Å². The van der Waals surface area contributed by atoms with Gasteiger partial charge in [0.2, 0.25) is 11.1 Å². The van der Waals surface area contributed by atoms with Crippen LogP contribution in [0.15, 0.2) is 65.0 Å². The summed E-state index contributed by atoms with van der Waals surface area (Å²) in [6, 6.07) is 16.1. The quantitative estimate of drug-likeness (QED) is 0.392. The third-order valence-electron chi connectivity index (χ3n) is 6.43. The molecular formula is C28H32N4O2S. The number of Topliss-reactive ketones (excluding diaryl/α,β-unsaturated/α-hetero) is 1. The summed E-state index contributed by atoms with van der Waals surface area (Å²) in [7, 11) is 0. The van der Waals surface area contributed by atoms with E-state index in [2.05, 4.69) is 51.2 Å². The number of ketones is 1. The van der Waals surface area contributed by atoms with Crippen LogP contribution in [0.4, 0.5) is 5.95 Å². The minimum atomic E-state index is -0.292. The SMILES string of the molecule is CCCSc1nc2n(n1)C(c1ccc(OCc3cccc(C)c3)cc1)C1=C(CC(C)(C)CC1=O)N2. The van der Waals surface area contributed by atoms with Crippen molar-refractivity contribution in [1.29, 1.82) is 0 Å². The summed E-state index contributed by atoms with van der Waals surface area (Å²) in [6.07, 6.45) is 2.40. The zero-order valence-electron chi connectivity index (χ0n) is 20.8. The maximum Gasteiger partial charge on any atom is 0.227 e. The Hall–Kier alpha value is -3.06. The predicted octanol–water partition coefficient (Wildman–Crippen LogP) is 6.33. The minimum absolute atomic E-state index is 0.0804. The standard InChI is InChI=1S/C28H32N4O2S/c1-5-13-35-27-30-26-29-22-15-28(3,4)16-23(33)24(22)25(32(26)31-27)20-9-11-21(12-10-20)34-17-19-8-6-7-18(2)14-19/h6-12,14,25H,5,13,15-17H2,1-4H3,(H,29,30,31). The molecule has 1 aliphatic carbocycles. The molecule has 1 atom stereocenters. The number of anilines is 1. The molecule has 0 amide bonds. The number of aromatic nitrogens is 3. The molecule has 0 bridgehead atoms. The molecule has 6 nitrogen and oxygen atoms in total. The van der Waals surface area contributed by atoms with Gasteiger partial charge in [0.1, 0.15) is 18.4 Å². The van der Waals surface area contributed by atoms with Crippen molar-refractivity contribution in [2.24, 2.45) is 5.41 Å². The van der Waals surface area contributed by atoms with Crippen molar-refractivity contribution in [3.05, 3.63) is 76.5 Å². The van der Waals surface area contributed by atoms with Crippen LogP contribution in [-0.2, 0) is 11.4 Å². The topological polar surface area (TPSA) is 69.0 Å². The molecule has 3 aromatic rings. The van der Waals surface area contributed by atoms with Crippen LogP contribution in [0.5, 0.6) is 5.75 Å². The molecule has 1 unspecified atom stereocenters. The first-order valence-corrected chi connectivity index (χ1v) is 13.2. The lowest BCUT2D eigenvalue weighted by molar-refractivity contribution is -0.118. The van der Waals surface area contributed by atoms with E-state index in [1.54, 1.807) is 11.8 Å². The number of carbonyl (C=O) groups is 1. The number of benzene rings is 2. The van der Waals surface area contributed by atoms with E-state index in [4.69, 9.17) is 14.8 Å². The molecule has 2 aromatic carbocycles. The van der Waals surface area contributed by atoms with Crippen molar-refractivity contribution >= 4 is 23.5 Å². The van der Waals surface area contributed by atoms with Crippen molar-refractivity contribution in [1.82, 2.24) is 14.8 Å². The lowest BCUT2D eigenvalue weighted by Crippen LogP contribution is -2.36. The van der Waals surface area contributed by atoms with Gasteiger partial charge in [-0.05, 0) is 48.4 Å². The number of thioether (sulfide) groups is 1. The Bertz CT molecular complexity index is 1280. The fourth-order valence-corrected chi connectivity index (χ4v) is 5.55. The molecular weight excluding hydrogens is 456 g/mol. The number of hydrogen-bond donors (Lipinski definition) is 1. The Labute approximate surface area is 211 Å². The number of fused-ring (bicyclic) bond motifs is 1. The summed E-state index contributed by atoms with van der Waals surface area (Å²) in [5, 5.41) is 8.99. The summed E-state index contributed by atoms with van der Waals surface area (Å²) < 4.78 is 7.92. The van der Waals surface area contributed by atoms with Gasteiger partial charge in [0.05, 0.1) is 0 Å². The van der Waals surface area contributed by atoms with Gasteiger partial charge < -0.3 is 10.1 Å². The average molecular weight is 489 g/mol. The Morgan fingerprint density at radius 3 is 2.71 bits per heavy atom. The second-order valence-corrected chi connectivity index (χ2v) is 11.3. The van der Waals surface area contributed by atoms with Gasteiger partial charge in [0.15, 0.2) is 5.78 Å². The van der Waals surface area contributed by atoms with Crippen LogP contribution >= 0.6 is 11.8 Å². The molecule has 1 aromatic heterocycles. The van der Waals surface area contributed by atoms with Crippen LogP contribution in [-0.4, -0.2) is 26.3 Å². The van der Waals surface area contributed by atoms with E-state index in [-0.39, 0.29) is 17.2 Å². The van der Waals surface area contributed by atoms with Gasteiger partial charge in [-0.2, -0.15) is 4.98 Å². The zero-order valence-corrected chi connectivity index (χ0v) is 21.6. The minimum Gasteiger partial charge on any atom is -0.489 e. The van der Waals surface area contributed by atoms with E-state index in [0.717, 1.165) is 51.9 Å². The van der Waals surface area contributed by atoms with Gasteiger partial charge in [-0.3, -0.25) is 4.79 Å². The Morgan fingerprint density at radius 2 is 1.97 bits per heavy atom. The van der Waals surface area contributed by atoms with Gasteiger partial charge in [-0.1, -0.05) is 74.5 Å². The van der Waals surface area contributed by atoms with Gasteiger partial charge in [-0.15, -0.1) is 5.10 Å². The fraction of sp³-hybridized carbons (Fsp3) is 0.393. The number of ether oxygens (including phenoxy) is 1. The number of allylic oxidation sites excluding steroid dienone is 2. The largest absolute Gasteiger partial charge is 0.489 e. The smallest absolute Gasteiger partial charge is 0.227 e. The van der Waals surface area contributed by atoms with Crippen molar-refractivity contribution in [2.75, 3.05) is 11.1 Å². The monoisotopic (exact) mass is 488 g/mol. The highest BCUT2D eigenvalue weighted by atomic mass is 32.2. The first kappa shape index (κ1) is 23.7. The van der Waals surface area contributed by atoms with E-state index < -0.39 is 0 Å². The maximum absolute atomic E-state index is 13.4. The third kappa shape index (κ3) is 5.01. The van der Waals surface area contributed by atoms with Crippen molar-refractivity contribution in [3.63, 3.8) is 0 Å². The van der Waals surface area contributed by atoms with Crippen LogP contribution in [0.25, 0.3) is 0 Å². The van der Waals surface area contributed by atoms with Gasteiger partial charge in [0.25, 0.3) is 0 Å². The summed E-state index contributed by atoms with van der Waals surface area (Å²) in [5.41, 5.74) is 5.07. The molecule has 5 rings (SSSR count). The summed E-state index contributed by atoms with van der Waals surface area (Å²) in [4.78, 5) is 18.1. The lowest BCUT2D eigenvalue weighted by atomic mass is 9.73. The van der Waals surface area contributed by atoms with E-state index in [0.29, 0.717) is 19.0 Å².